The van der Waals surface area contributed by atoms with Crippen LogP contribution < -0.4 is 11.1 Å². The van der Waals surface area contributed by atoms with Gasteiger partial charge >= 0.3 is 0 Å². The van der Waals surface area contributed by atoms with E-state index < -0.39 is 0 Å². The van der Waals surface area contributed by atoms with Crippen LogP contribution in [0.1, 0.15) is 43.4 Å². The van der Waals surface area contributed by atoms with Crippen molar-refractivity contribution in [1.29, 1.82) is 0 Å². The topological polar surface area (TPSA) is 41.3 Å². The fourth-order valence-electron chi connectivity index (χ4n) is 2.73. The maximum absolute atomic E-state index is 6.44. The fourth-order valence-corrected chi connectivity index (χ4v) is 2.73. The first-order valence-corrected chi connectivity index (χ1v) is 7.40. The number of rotatable bonds is 4. The van der Waals surface area contributed by atoms with E-state index in [0.29, 0.717) is 12.0 Å². The summed E-state index contributed by atoms with van der Waals surface area (Å²) < 4.78 is 0. The first-order chi connectivity index (χ1) is 9.13. The molecule has 3 unspecified atom stereocenters. The molecule has 0 bridgehead atoms. The molecule has 3 heteroatoms. The first kappa shape index (κ1) is 14.5. The van der Waals surface area contributed by atoms with Crippen LogP contribution in [-0.2, 0) is 0 Å². The smallest absolute Gasteiger partial charge is 0.0465 e. The number of piperazine rings is 1. The molecule has 1 fully saturated rings. The van der Waals surface area contributed by atoms with Gasteiger partial charge in [0.05, 0.1) is 0 Å². The highest BCUT2D eigenvalue weighted by atomic mass is 15.2. The molecule has 2 rings (SSSR count). The molecule has 1 aromatic rings. The third-order valence-electron chi connectivity index (χ3n) is 4.48. The lowest BCUT2D eigenvalue weighted by atomic mass is 9.93. The van der Waals surface area contributed by atoms with Gasteiger partial charge in [-0.25, -0.2) is 0 Å². The van der Waals surface area contributed by atoms with Crippen LogP contribution in [0.2, 0.25) is 0 Å². The van der Waals surface area contributed by atoms with Crippen LogP contribution in [0, 0.1) is 0 Å². The lowest BCUT2D eigenvalue weighted by Crippen LogP contribution is -2.53. The molecule has 3 atom stereocenters. The Balaban J connectivity index is 2.08. The van der Waals surface area contributed by atoms with Crippen molar-refractivity contribution >= 4 is 0 Å². The summed E-state index contributed by atoms with van der Waals surface area (Å²) in [6.45, 7) is 7.61. The van der Waals surface area contributed by atoms with Crippen LogP contribution in [0.25, 0.3) is 0 Å². The second kappa shape index (κ2) is 6.51. The van der Waals surface area contributed by atoms with E-state index in [1.807, 2.05) is 0 Å². The standard InChI is InChI=1S/C16H27N3/c1-4-12(2)13-5-7-14(8-6-13)16(17)15-11-18-9-10-19(15)3/h5-8,12,15-16,18H,4,9-11,17H2,1-3H3. The van der Waals surface area contributed by atoms with Crippen molar-refractivity contribution in [1.82, 2.24) is 10.2 Å². The summed E-state index contributed by atoms with van der Waals surface area (Å²) in [5.74, 6) is 0.629. The van der Waals surface area contributed by atoms with Crippen molar-refractivity contribution in [3.05, 3.63) is 35.4 Å². The number of hydrogen-bond acceptors (Lipinski definition) is 3. The van der Waals surface area contributed by atoms with Crippen molar-refractivity contribution in [2.24, 2.45) is 5.73 Å². The van der Waals surface area contributed by atoms with Gasteiger partial charge in [-0.3, -0.25) is 4.90 Å². The summed E-state index contributed by atoms with van der Waals surface area (Å²) in [7, 11) is 2.17. The average Bonchev–Trinajstić information content (AvgIpc) is 2.46. The fraction of sp³-hybridized carbons (Fsp3) is 0.625. The highest BCUT2D eigenvalue weighted by Crippen LogP contribution is 2.23. The highest BCUT2D eigenvalue weighted by molar-refractivity contribution is 5.28. The Morgan fingerprint density at radius 2 is 1.95 bits per heavy atom. The maximum atomic E-state index is 6.44. The number of nitrogens with one attached hydrogen (secondary N) is 1. The molecule has 106 valence electrons. The van der Waals surface area contributed by atoms with E-state index in [4.69, 9.17) is 5.73 Å². The second-order valence-corrected chi connectivity index (χ2v) is 5.75. The van der Waals surface area contributed by atoms with E-state index in [0.717, 1.165) is 19.6 Å². The molecule has 1 aliphatic rings. The lowest BCUT2D eigenvalue weighted by molar-refractivity contribution is 0.174. The van der Waals surface area contributed by atoms with Crippen LogP contribution in [0.4, 0.5) is 0 Å². The van der Waals surface area contributed by atoms with E-state index in [1.54, 1.807) is 0 Å². The Labute approximate surface area is 117 Å². The van der Waals surface area contributed by atoms with Gasteiger partial charge in [0.15, 0.2) is 0 Å². The Morgan fingerprint density at radius 1 is 1.32 bits per heavy atom. The van der Waals surface area contributed by atoms with Crippen LogP contribution >= 0.6 is 0 Å². The predicted octanol–water partition coefficient (Wildman–Crippen LogP) is 2.10. The molecule has 1 saturated heterocycles. The number of hydrogen-bond donors (Lipinski definition) is 2. The normalized spacial score (nSPS) is 24.1. The summed E-state index contributed by atoms with van der Waals surface area (Å²) >= 11 is 0. The molecule has 0 saturated carbocycles. The molecule has 3 nitrogen and oxygen atoms in total. The van der Waals surface area contributed by atoms with Gasteiger partial charge in [0.2, 0.25) is 0 Å². The molecule has 3 N–H and O–H groups in total. The van der Waals surface area contributed by atoms with E-state index in [-0.39, 0.29) is 6.04 Å². The van der Waals surface area contributed by atoms with Crippen molar-refractivity contribution in [3.63, 3.8) is 0 Å². The Morgan fingerprint density at radius 3 is 2.53 bits per heavy atom. The zero-order valence-electron chi connectivity index (χ0n) is 12.4. The zero-order chi connectivity index (χ0) is 13.8. The monoisotopic (exact) mass is 261 g/mol. The zero-order valence-corrected chi connectivity index (χ0v) is 12.4. The third kappa shape index (κ3) is 3.35. The summed E-state index contributed by atoms with van der Waals surface area (Å²) in [6.07, 6.45) is 1.18. The van der Waals surface area contributed by atoms with Crippen molar-refractivity contribution in [2.45, 2.75) is 38.3 Å². The van der Waals surface area contributed by atoms with E-state index >= 15 is 0 Å². The summed E-state index contributed by atoms with van der Waals surface area (Å²) in [4.78, 5) is 2.36. The second-order valence-electron chi connectivity index (χ2n) is 5.75. The van der Waals surface area contributed by atoms with E-state index in [2.05, 4.69) is 55.4 Å². The number of nitrogens with two attached hydrogens (primary N) is 1. The van der Waals surface area contributed by atoms with E-state index in [1.165, 1.54) is 17.5 Å². The van der Waals surface area contributed by atoms with Crippen molar-refractivity contribution < 1.29 is 0 Å². The van der Waals surface area contributed by atoms with Gasteiger partial charge in [0.1, 0.15) is 0 Å². The van der Waals surface area contributed by atoms with Crippen LogP contribution in [0.15, 0.2) is 24.3 Å². The number of nitrogens with zero attached hydrogens (tertiary/aromatic N) is 1. The SMILES string of the molecule is CCC(C)c1ccc(C(N)C2CNCCN2C)cc1. The van der Waals surface area contributed by atoms with E-state index in [9.17, 15) is 0 Å². The number of benzene rings is 1. The minimum absolute atomic E-state index is 0.0868. The Kier molecular flexibility index (Phi) is 4.97. The van der Waals surface area contributed by atoms with Crippen LogP contribution in [-0.4, -0.2) is 37.6 Å². The molecule has 0 spiro atoms. The minimum atomic E-state index is 0.0868. The summed E-state index contributed by atoms with van der Waals surface area (Å²) in [5.41, 5.74) is 9.09. The van der Waals surface area contributed by atoms with Crippen LogP contribution in [0.3, 0.4) is 0 Å². The van der Waals surface area contributed by atoms with Gasteiger partial charge in [-0.2, -0.15) is 0 Å². The van der Waals surface area contributed by atoms with Gasteiger partial charge in [-0.1, -0.05) is 38.1 Å². The molecule has 19 heavy (non-hydrogen) atoms. The average molecular weight is 261 g/mol. The summed E-state index contributed by atoms with van der Waals surface area (Å²) in [6, 6.07) is 9.36. The lowest BCUT2D eigenvalue weighted by Gasteiger charge is -2.37. The van der Waals surface area contributed by atoms with Gasteiger partial charge in [-0.15, -0.1) is 0 Å². The van der Waals surface area contributed by atoms with Crippen LogP contribution in [0.5, 0.6) is 0 Å². The molecule has 0 amide bonds. The molecule has 0 aromatic heterocycles. The quantitative estimate of drug-likeness (QED) is 0.872. The Hall–Kier alpha value is -0.900. The Bertz CT molecular complexity index is 387. The van der Waals surface area contributed by atoms with Crippen molar-refractivity contribution in [2.75, 3.05) is 26.7 Å². The molecule has 0 radical (unpaired) electrons. The van der Waals surface area contributed by atoms with Gasteiger partial charge < -0.3 is 11.1 Å². The molecule has 1 aliphatic heterocycles. The predicted molar refractivity (Wildman–Crippen MR) is 81.4 cm³/mol. The van der Waals surface area contributed by atoms with Gasteiger partial charge in [-0.05, 0) is 30.5 Å². The largest absolute Gasteiger partial charge is 0.323 e. The molecule has 1 heterocycles. The molecule has 1 aromatic carbocycles. The van der Waals surface area contributed by atoms with Gasteiger partial charge in [0.25, 0.3) is 0 Å². The minimum Gasteiger partial charge on any atom is -0.323 e. The first-order valence-electron chi connectivity index (χ1n) is 7.40. The number of likely N-dealkylation sites (N-methyl/N-ethyl adjacent to an activating group) is 1. The maximum Gasteiger partial charge on any atom is 0.0465 e. The molecular weight excluding hydrogens is 234 g/mol. The molecule has 0 aliphatic carbocycles. The highest BCUT2D eigenvalue weighted by Gasteiger charge is 2.25. The molecular formula is C16H27N3. The third-order valence-corrected chi connectivity index (χ3v) is 4.48. The van der Waals surface area contributed by atoms with Crippen molar-refractivity contribution in [3.8, 4) is 0 Å². The van der Waals surface area contributed by atoms with Gasteiger partial charge in [0, 0.05) is 31.7 Å². The summed E-state index contributed by atoms with van der Waals surface area (Å²) in [5, 5.41) is 3.43.